The first-order valence-electron chi connectivity index (χ1n) is 7.19. The number of nitrogens with zero attached hydrogens (tertiary/aromatic N) is 2. The van der Waals surface area contributed by atoms with Gasteiger partial charge in [0.2, 0.25) is 0 Å². The summed E-state index contributed by atoms with van der Waals surface area (Å²) in [6.45, 7) is 3.12. The van der Waals surface area contributed by atoms with Crippen LogP contribution in [-0.4, -0.2) is 30.1 Å². The van der Waals surface area contributed by atoms with E-state index in [2.05, 4.69) is 9.88 Å². The standard InChI is InChI=1S/C14H20N2O3/c1-2-18-13(17)11-9-19-14(15-11)16-8-4-6-10-5-3-7-12(10)16/h9-10,12H,2-8H2,1H3. The van der Waals surface area contributed by atoms with Gasteiger partial charge in [-0.3, -0.25) is 0 Å². The molecular weight excluding hydrogens is 244 g/mol. The van der Waals surface area contributed by atoms with Crippen molar-refractivity contribution in [1.82, 2.24) is 4.98 Å². The van der Waals surface area contributed by atoms with Crippen LogP contribution in [0.1, 0.15) is 49.5 Å². The molecule has 19 heavy (non-hydrogen) atoms. The van der Waals surface area contributed by atoms with Crippen molar-refractivity contribution in [2.75, 3.05) is 18.1 Å². The van der Waals surface area contributed by atoms with E-state index >= 15 is 0 Å². The van der Waals surface area contributed by atoms with E-state index in [1.54, 1.807) is 6.92 Å². The normalized spacial score (nSPS) is 26.3. The highest BCUT2D eigenvalue weighted by Gasteiger charge is 2.37. The Kier molecular flexibility index (Phi) is 3.44. The Morgan fingerprint density at radius 3 is 3.16 bits per heavy atom. The lowest BCUT2D eigenvalue weighted by Crippen LogP contribution is -2.42. The highest BCUT2D eigenvalue weighted by Crippen LogP contribution is 2.38. The molecule has 2 fully saturated rings. The van der Waals surface area contributed by atoms with Crippen molar-refractivity contribution in [1.29, 1.82) is 0 Å². The molecule has 2 heterocycles. The second-order valence-corrected chi connectivity index (χ2v) is 5.33. The summed E-state index contributed by atoms with van der Waals surface area (Å²) in [5.41, 5.74) is 0.275. The van der Waals surface area contributed by atoms with Gasteiger partial charge in [-0.25, -0.2) is 4.79 Å². The van der Waals surface area contributed by atoms with Gasteiger partial charge in [0.05, 0.1) is 6.61 Å². The third kappa shape index (κ3) is 2.33. The summed E-state index contributed by atoms with van der Waals surface area (Å²) in [7, 11) is 0. The number of aromatic nitrogens is 1. The van der Waals surface area contributed by atoms with Gasteiger partial charge in [-0.15, -0.1) is 0 Å². The Morgan fingerprint density at radius 2 is 2.32 bits per heavy atom. The summed E-state index contributed by atoms with van der Waals surface area (Å²) in [6, 6.07) is 1.13. The highest BCUT2D eigenvalue weighted by molar-refractivity contribution is 5.87. The van der Waals surface area contributed by atoms with Crippen molar-refractivity contribution >= 4 is 12.0 Å². The number of fused-ring (bicyclic) bond motifs is 1. The molecule has 2 atom stereocenters. The number of esters is 1. The number of oxazole rings is 1. The van der Waals surface area contributed by atoms with Crippen molar-refractivity contribution < 1.29 is 13.9 Å². The average Bonchev–Trinajstić information content (AvgIpc) is 3.07. The Hall–Kier alpha value is -1.52. The van der Waals surface area contributed by atoms with E-state index in [-0.39, 0.29) is 5.69 Å². The van der Waals surface area contributed by atoms with Crippen LogP contribution in [0.15, 0.2) is 10.7 Å². The minimum Gasteiger partial charge on any atom is -0.461 e. The summed E-state index contributed by atoms with van der Waals surface area (Å²) in [6.07, 6.45) is 7.71. The van der Waals surface area contributed by atoms with Gasteiger partial charge in [0.25, 0.3) is 6.01 Å². The number of anilines is 1. The van der Waals surface area contributed by atoms with Crippen molar-refractivity contribution in [2.24, 2.45) is 5.92 Å². The summed E-state index contributed by atoms with van der Waals surface area (Å²) < 4.78 is 10.4. The number of rotatable bonds is 3. The largest absolute Gasteiger partial charge is 0.461 e. The van der Waals surface area contributed by atoms with Crippen LogP contribution in [0.3, 0.4) is 0 Å². The van der Waals surface area contributed by atoms with Crippen molar-refractivity contribution in [2.45, 2.75) is 45.1 Å². The van der Waals surface area contributed by atoms with Crippen LogP contribution in [0, 0.1) is 5.92 Å². The Bertz CT molecular complexity index is 457. The van der Waals surface area contributed by atoms with Crippen LogP contribution >= 0.6 is 0 Å². The number of hydrogen-bond donors (Lipinski definition) is 0. The zero-order valence-corrected chi connectivity index (χ0v) is 11.3. The number of ether oxygens (including phenoxy) is 1. The summed E-state index contributed by atoms with van der Waals surface area (Å²) >= 11 is 0. The summed E-state index contributed by atoms with van der Waals surface area (Å²) in [5, 5.41) is 0. The maximum Gasteiger partial charge on any atom is 0.360 e. The van der Waals surface area contributed by atoms with Gasteiger partial charge < -0.3 is 14.1 Å². The monoisotopic (exact) mass is 264 g/mol. The van der Waals surface area contributed by atoms with E-state index < -0.39 is 5.97 Å². The second-order valence-electron chi connectivity index (χ2n) is 5.33. The lowest BCUT2D eigenvalue weighted by Gasteiger charge is -2.36. The first kappa shape index (κ1) is 12.5. The maximum absolute atomic E-state index is 11.6. The predicted octanol–water partition coefficient (Wildman–Crippen LogP) is 2.62. The summed E-state index contributed by atoms with van der Waals surface area (Å²) in [4.78, 5) is 18.1. The van der Waals surface area contributed by atoms with E-state index in [1.165, 1.54) is 38.4 Å². The Labute approximate surface area is 112 Å². The molecule has 2 unspecified atom stereocenters. The van der Waals surface area contributed by atoms with Gasteiger partial charge in [-0.05, 0) is 38.5 Å². The fourth-order valence-corrected chi connectivity index (χ4v) is 3.39. The van der Waals surface area contributed by atoms with E-state index in [1.807, 2.05) is 0 Å². The third-order valence-corrected chi connectivity index (χ3v) is 4.22. The topological polar surface area (TPSA) is 55.6 Å². The van der Waals surface area contributed by atoms with Gasteiger partial charge in [0, 0.05) is 12.6 Å². The van der Waals surface area contributed by atoms with Crippen LogP contribution in [0.2, 0.25) is 0 Å². The molecule has 5 heteroatoms. The molecule has 1 saturated heterocycles. The molecule has 0 N–H and O–H groups in total. The number of piperidine rings is 1. The quantitative estimate of drug-likeness (QED) is 0.785. The minimum atomic E-state index is -0.405. The number of carbonyl (C=O) groups excluding carboxylic acids is 1. The van der Waals surface area contributed by atoms with Gasteiger partial charge in [-0.1, -0.05) is 6.42 Å². The van der Waals surface area contributed by atoms with Crippen molar-refractivity contribution in [3.63, 3.8) is 0 Å². The zero-order valence-electron chi connectivity index (χ0n) is 11.3. The molecule has 104 valence electrons. The lowest BCUT2D eigenvalue weighted by atomic mass is 9.92. The van der Waals surface area contributed by atoms with Crippen LogP contribution < -0.4 is 4.90 Å². The molecule has 1 aromatic heterocycles. The molecule has 1 aromatic rings. The average molecular weight is 264 g/mol. The molecule has 1 aliphatic carbocycles. The highest BCUT2D eigenvalue weighted by atomic mass is 16.5. The molecule has 2 aliphatic rings. The van der Waals surface area contributed by atoms with Gasteiger partial charge >= 0.3 is 5.97 Å². The molecule has 0 amide bonds. The molecule has 0 spiro atoms. The minimum absolute atomic E-state index is 0.275. The lowest BCUT2D eigenvalue weighted by molar-refractivity contribution is 0.0519. The fraction of sp³-hybridized carbons (Fsp3) is 0.714. The number of hydrogen-bond acceptors (Lipinski definition) is 5. The molecule has 0 aromatic carbocycles. The molecular formula is C14H20N2O3. The van der Waals surface area contributed by atoms with Gasteiger partial charge in [0.15, 0.2) is 5.69 Å². The fourth-order valence-electron chi connectivity index (χ4n) is 3.39. The van der Waals surface area contributed by atoms with Crippen LogP contribution in [-0.2, 0) is 4.74 Å². The first-order chi connectivity index (χ1) is 9.29. The SMILES string of the molecule is CCOC(=O)c1coc(N2CCCC3CCCC32)n1. The summed E-state index contributed by atoms with van der Waals surface area (Å²) in [5.74, 6) is 0.365. The van der Waals surface area contributed by atoms with Crippen molar-refractivity contribution in [3.05, 3.63) is 12.0 Å². The second kappa shape index (κ2) is 5.23. The van der Waals surface area contributed by atoms with Crippen molar-refractivity contribution in [3.8, 4) is 0 Å². The molecule has 0 radical (unpaired) electrons. The molecule has 5 nitrogen and oxygen atoms in total. The number of carbonyl (C=O) groups is 1. The van der Waals surface area contributed by atoms with Crippen LogP contribution in [0.5, 0.6) is 0 Å². The smallest absolute Gasteiger partial charge is 0.360 e. The maximum atomic E-state index is 11.6. The predicted molar refractivity (Wildman–Crippen MR) is 70.2 cm³/mol. The molecule has 3 rings (SSSR count). The molecule has 0 bridgehead atoms. The molecule has 1 saturated carbocycles. The van der Waals surface area contributed by atoms with E-state index in [9.17, 15) is 4.79 Å². The Morgan fingerprint density at radius 1 is 1.47 bits per heavy atom. The third-order valence-electron chi connectivity index (χ3n) is 4.22. The zero-order chi connectivity index (χ0) is 13.2. The Balaban J connectivity index is 1.76. The van der Waals surface area contributed by atoms with Crippen LogP contribution in [0.4, 0.5) is 6.01 Å². The van der Waals surface area contributed by atoms with E-state index in [0.29, 0.717) is 18.7 Å². The van der Waals surface area contributed by atoms with Gasteiger partial charge in [-0.2, -0.15) is 4.98 Å². The van der Waals surface area contributed by atoms with E-state index in [4.69, 9.17) is 9.15 Å². The first-order valence-corrected chi connectivity index (χ1v) is 7.19. The van der Waals surface area contributed by atoms with E-state index in [0.717, 1.165) is 12.5 Å². The van der Waals surface area contributed by atoms with Gasteiger partial charge in [0.1, 0.15) is 6.26 Å². The van der Waals surface area contributed by atoms with Crippen LogP contribution in [0.25, 0.3) is 0 Å². The molecule has 1 aliphatic heterocycles.